The van der Waals surface area contributed by atoms with Gasteiger partial charge in [0, 0.05) is 10.9 Å². The molecule has 0 amide bonds. The van der Waals surface area contributed by atoms with E-state index >= 15 is 0 Å². The molecule has 0 aliphatic carbocycles. The molecule has 8 heteroatoms. The van der Waals surface area contributed by atoms with Crippen LogP contribution < -0.4 is 5.56 Å². The maximum Gasteiger partial charge on any atom is 0.286 e. The normalized spacial score (nSPS) is 11.4. The maximum atomic E-state index is 12.7. The van der Waals surface area contributed by atoms with Crippen LogP contribution in [0.5, 0.6) is 0 Å². The topological polar surface area (TPSA) is 60.2 Å². The third kappa shape index (κ3) is 1.99. The van der Waals surface area contributed by atoms with E-state index in [1.165, 1.54) is 22.1 Å². The summed E-state index contributed by atoms with van der Waals surface area (Å²) >= 11 is 13.2. The lowest BCUT2D eigenvalue weighted by atomic mass is 10.2. The van der Waals surface area contributed by atoms with Gasteiger partial charge in [-0.05, 0) is 18.2 Å². The van der Waals surface area contributed by atoms with Gasteiger partial charge in [0.15, 0.2) is 11.3 Å². The van der Waals surface area contributed by atoms with E-state index in [1.54, 1.807) is 6.07 Å². The third-order valence-electron chi connectivity index (χ3n) is 3.26. The molecule has 0 saturated heterocycles. The van der Waals surface area contributed by atoms with Gasteiger partial charge in [-0.15, -0.1) is 21.5 Å². The minimum absolute atomic E-state index is 0.155. The predicted molar refractivity (Wildman–Crippen MR) is 87.9 cm³/mol. The zero-order valence-electron chi connectivity index (χ0n) is 10.8. The number of para-hydroxylation sites is 1. The lowest BCUT2D eigenvalue weighted by Crippen LogP contribution is -2.19. The first-order valence-corrected chi connectivity index (χ1v) is 7.80. The first-order valence-electron chi connectivity index (χ1n) is 6.23. The molecule has 22 heavy (non-hydrogen) atoms. The summed E-state index contributed by atoms with van der Waals surface area (Å²) in [7, 11) is 0. The van der Waals surface area contributed by atoms with Crippen LogP contribution in [0.1, 0.15) is 0 Å². The second kappa shape index (κ2) is 5.01. The Morgan fingerprint density at radius 2 is 1.95 bits per heavy atom. The summed E-state index contributed by atoms with van der Waals surface area (Å²) in [5.41, 5.74) is 1.51. The highest BCUT2D eigenvalue weighted by molar-refractivity contribution is 7.20. The molecule has 0 fully saturated rings. The molecule has 0 radical (unpaired) electrons. The Bertz CT molecular complexity index is 1090. The first-order chi connectivity index (χ1) is 10.6. The molecule has 0 spiro atoms. The highest BCUT2D eigenvalue weighted by atomic mass is 35.5. The van der Waals surface area contributed by atoms with Crippen molar-refractivity contribution in [2.75, 3.05) is 0 Å². The molecular formula is C14H6Cl2N4OS. The van der Waals surface area contributed by atoms with Gasteiger partial charge in [0.2, 0.25) is 0 Å². The lowest BCUT2D eigenvalue weighted by molar-refractivity contribution is 0.931. The summed E-state index contributed by atoms with van der Waals surface area (Å²) < 4.78 is 2.26. The molecule has 108 valence electrons. The number of halogens is 2. The van der Waals surface area contributed by atoms with Gasteiger partial charge >= 0.3 is 0 Å². The quantitative estimate of drug-likeness (QED) is 0.492. The molecular weight excluding hydrogens is 343 g/mol. The predicted octanol–water partition coefficient (Wildman–Crippen LogP) is 3.67. The Kier molecular flexibility index (Phi) is 3.11. The Hall–Kier alpha value is -2.02. The van der Waals surface area contributed by atoms with Crippen molar-refractivity contribution in [2.24, 2.45) is 0 Å². The van der Waals surface area contributed by atoms with Crippen molar-refractivity contribution in [3.8, 4) is 11.3 Å². The van der Waals surface area contributed by atoms with E-state index < -0.39 is 0 Å². The van der Waals surface area contributed by atoms with Gasteiger partial charge in [0.1, 0.15) is 10.7 Å². The number of benzene rings is 1. The third-order valence-corrected chi connectivity index (χ3v) is 4.75. The number of rotatable bonds is 1. The summed E-state index contributed by atoms with van der Waals surface area (Å²) in [6, 6.07) is 9.05. The summed E-state index contributed by atoms with van der Waals surface area (Å²) in [5.74, 6) is 0. The summed E-state index contributed by atoms with van der Waals surface area (Å²) in [4.78, 5) is 16.9. The van der Waals surface area contributed by atoms with E-state index in [9.17, 15) is 4.79 Å². The van der Waals surface area contributed by atoms with Gasteiger partial charge in [0.25, 0.3) is 5.56 Å². The smallest absolute Gasteiger partial charge is 0.266 e. The molecule has 0 aliphatic rings. The SMILES string of the molecule is O=c1c(-c2cc(Cl)sc2Cl)nnc2c3ccccc3ncn12. The van der Waals surface area contributed by atoms with Crippen molar-refractivity contribution in [1.82, 2.24) is 19.6 Å². The fourth-order valence-electron chi connectivity index (χ4n) is 2.26. The van der Waals surface area contributed by atoms with Gasteiger partial charge in [0.05, 0.1) is 9.85 Å². The summed E-state index contributed by atoms with van der Waals surface area (Å²) in [5, 5.41) is 8.99. The second-order valence-electron chi connectivity index (χ2n) is 4.55. The Labute approximate surface area is 137 Å². The highest BCUT2D eigenvalue weighted by Gasteiger charge is 2.16. The molecule has 3 heterocycles. The Balaban J connectivity index is 2.08. The number of hydrogen-bond acceptors (Lipinski definition) is 5. The highest BCUT2D eigenvalue weighted by Crippen LogP contribution is 2.36. The molecule has 4 aromatic rings. The average Bonchev–Trinajstić information content (AvgIpc) is 2.86. The number of nitrogens with zero attached hydrogens (tertiary/aromatic N) is 4. The Morgan fingerprint density at radius 3 is 2.73 bits per heavy atom. The number of aromatic nitrogens is 4. The molecule has 4 rings (SSSR count). The van der Waals surface area contributed by atoms with E-state index in [2.05, 4.69) is 15.2 Å². The zero-order valence-corrected chi connectivity index (χ0v) is 13.2. The van der Waals surface area contributed by atoms with Crippen molar-refractivity contribution in [3.63, 3.8) is 0 Å². The molecule has 0 unspecified atom stereocenters. The van der Waals surface area contributed by atoms with Gasteiger partial charge in [-0.25, -0.2) is 9.38 Å². The van der Waals surface area contributed by atoms with Gasteiger partial charge in [-0.2, -0.15) is 0 Å². The van der Waals surface area contributed by atoms with Crippen molar-refractivity contribution in [2.45, 2.75) is 0 Å². The van der Waals surface area contributed by atoms with Crippen LogP contribution in [0.15, 0.2) is 41.5 Å². The van der Waals surface area contributed by atoms with Crippen LogP contribution in [0.25, 0.3) is 27.8 Å². The number of fused-ring (bicyclic) bond motifs is 3. The van der Waals surface area contributed by atoms with E-state index in [-0.39, 0.29) is 11.3 Å². The van der Waals surface area contributed by atoms with E-state index in [0.29, 0.717) is 19.9 Å². The molecule has 0 aliphatic heterocycles. The minimum atomic E-state index is -0.334. The largest absolute Gasteiger partial charge is 0.286 e. The molecule has 0 N–H and O–H groups in total. The second-order valence-corrected chi connectivity index (χ2v) is 6.83. The van der Waals surface area contributed by atoms with Crippen LogP contribution in [0.2, 0.25) is 8.67 Å². The van der Waals surface area contributed by atoms with Crippen LogP contribution in [0, 0.1) is 0 Å². The van der Waals surface area contributed by atoms with Crippen LogP contribution in [0.4, 0.5) is 0 Å². The summed E-state index contributed by atoms with van der Waals surface area (Å²) in [6.45, 7) is 0. The van der Waals surface area contributed by atoms with Crippen LogP contribution in [-0.2, 0) is 0 Å². The van der Waals surface area contributed by atoms with Crippen LogP contribution in [0.3, 0.4) is 0 Å². The molecule has 0 bridgehead atoms. The van der Waals surface area contributed by atoms with Crippen molar-refractivity contribution in [1.29, 1.82) is 0 Å². The number of thiophene rings is 1. The van der Waals surface area contributed by atoms with Gasteiger partial charge in [-0.1, -0.05) is 35.3 Å². The molecule has 1 aromatic carbocycles. The van der Waals surface area contributed by atoms with Gasteiger partial charge < -0.3 is 0 Å². The van der Waals surface area contributed by atoms with E-state index in [0.717, 1.165) is 10.9 Å². The molecule has 5 nitrogen and oxygen atoms in total. The van der Waals surface area contributed by atoms with E-state index in [1.807, 2.05) is 24.3 Å². The first kappa shape index (κ1) is 13.6. The van der Waals surface area contributed by atoms with Crippen molar-refractivity contribution >= 4 is 51.1 Å². The number of hydrogen-bond donors (Lipinski definition) is 0. The zero-order chi connectivity index (χ0) is 15.3. The average molecular weight is 349 g/mol. The van der Waals surface area contributed by atoms with Crippen molar-refractivity contribution < 1.29 is 0 Å². The fourth-order valence-corrected chi connectivity index (χ4v) is 3.72. The summed E-state index contributed by atoms with van der Waals surface area (Å²) in [6.07, 6.45) is 1.44. The fraction of sp³-hybridized carbons (Fsp3) is 0. The van der Waals surface area contributed by atoms with Crippen LogP contribution in [-0.4, -0.2) is 19.6 Å². The monoisotopic (exact) mass is 348 g/mol. The van der Waals surface area contributed by atoms with Crippen LogP contribution >= 0.6 is 34.5 Å². The molecule has 3 aromatic heterocycles. The van der Waals surface area contributed by atoms with Gasteiger partial charge in [-0.3, -0.25) is 4.79 Å². The van der Waals surface area contributed by atoms with E-state index in [4.69, 9.17) is 23.2 Å². The maximum absolute atomic E-state index is 12.7. The standard InChI is InChI=1S/C14H6Cl2N4OS/c15-10-5-8(12(16)22-10)11-14(21)20-6-17-9-4-2-1-3-7(9)13(20)19-18-11/h1-6H. The molecule has 0 saturated carbocycles. The lowest BCUT2D eigenvalue weighted by Gasteiger charge is -2.04. The van der Waals surface area contributed by atoms with Crippen molar-refractivity contribution in [3.05, 3.63) is 55.7 Å². The molecule has 0 atom stereocenters. The minimum Gasteiger partial charge on any atom is -0.266 e. The Morgan fingerprint density at radius 1 is 1.14 bits per heavy atom.